The molecule has 164 valence electrons. The molecule has 8 heteroatoms. The highest BCUT2D eigenvalue weighted by Crippen LogP contribution is 2.34. The van der Waals surface area contributed by atoms with Gasteiger partial charge < -0.3 is 16.4 Å². The van der Waals surface area contributed by atoms with Crippen LogP contribution in [-0.4, -0.2) is 35.5 Å². The third-order valence-corrected chi connectivity index (χ3v) is 6.46. The number of nitrogen functional groups attached to an aromatic ring is 1. The van der Waals surface area contributed by atoms with Gasteiger partial charge in [0.25, 0.3) is 5.91 Å². The fourth-order valence-electron chi connectivity index (χ4n) is 4.57. The van der Waals surface area contributed by atoms with Crippen molar-refractivity contribution in [2.45, 2.75) is 25.2 Å². The minimum atomic E-state index is -0.787. The first kappa shape index (κ1) is 20.5. The molecule has 6 nitrogen and oxygen atoms in total. The van der Waals surface area contributed by atoms with E-state index < -0.39 is 17.7 Å². The predicted octanol–water partition coefficient (Wildman–Crippen LogP) is 3.21. The van der Waals surface area contributed by atoms with Crippen molar-refractivity contribution < 1.29 is 13.6 Å². The second-order valence-corrected chi connectivity index (χ2v) is 8.66. The Morgan fingerprint density at radius 1 is 1.03 bits per heavy atom. The summed E-state index contributed by atoms with van der Waals surface area (Å²) < 4.78 is 29.4. The molecule has 0 aliphatic carbocycles. The topological polar surface area (TPSA) is 92.9 Å². The minimum absolute atomic E-state index is 0.0272. The normalized spacial score (nSPS) is 20.2. The van der Waals surface area contributed by atoms with Gasteiger partial charge in [0.2, 0.25) is 5.95 Å². The number of amides is 1. The first-order chi connectivity index (χ1) is 15.4. The van der Waals surface area contributed by atoms with Crippen LogP contribution in [0, 0.1) is 11.8 Å². The highest BCUT2D eigenvalue weighted by molar-refractivity contribution is 5.97. The number of carbonyl (C=O) groups excluding carboxylic acids is 1. The van der Waals surface area contributed by atoms with Gasteiger partial charge in [-0.25, -0.2) is 9.37 Å². The van der Waals surface area contributed by atoms with Crippen LogP contribution in [0.1, 0.15) is 34.8 Å². The number of anilines is 1. The lowest BCUT2D eigenvalue weighted by Gasteiger charge is -2.23. The van der Waals surface area contributed by atoms with Crippen molar-refractivity contribution in [3.63, 3.8) is 0 Å². The lowest BCUT2D eigenvalue weighted by molar-refractivity contribution is 0.0941. The average Bonchev–Trinajstić information content (AvgIpc) is 3.21. The van der Waals surface area contributed by atoms with Crippen LogP contribution in [0.15, 0.2) is 36.4 Å². The van der Waals surface area contributed by atoms with E-state index in [1.165, 1.54) is 11.6 Å². The molecular weight excluding hydrogens is 412 g/mol. The highest BCUT2D eigenvalue weighted by atomic mass is 19.1. The lowest BCUT2D eigenvalue weighted by Crippen LogP contribution is -2.32. The summed E-state index contributed by atoms with van der Waals surface area (Å²) in [6, 6.07) is 10.5. The first-order valence-electron chi connectivity index (χ1n) is 10.6. The smallest absolute Gasteiger partial charge is 0.254 e. The van der Waals surface area contributed by atoms with Crippen LogP contribution in [-0.2, 0) is 11.8 Å². The molecule has 4 N–H and O–H groups in total. The van der Waals surface area contributed by atoms with E-state index in [9.17, 15) is 13.6 Å². The molecule has 2 aliphatic rings. The van der Waals surface area contributed by atoms with Crippen LogP contribution in [0.4, 0.5) is 14.6 Å². The molecule has 1 saturated heterocycles. The van der Waals surface area contributed by atoms with Crippen LogP contribution in [0.3, 0.4) is 0 Å². The Morgan fingerprint density at radius 3 is 2.53 bits per heavy atom. The summed E-state index contributed by atoms with van der Waals surface area (Å²) in [5.41, 5.74) is 8.93. The Labute approximate surface area is 184 Å². The van der Waals surface area contributed by atoms with Crippen molar-refractivity contribution in [2.75, 3.05) is 25.4 Å². The summed E-state index contributed by atoms with van der Waals surface area (Å²) in [5.74, 6) is -2.03. The molecule has 1 amide bonds. The number of halogens is 2. The van der Waals surface area contributed by atoms with Crippen LogP contribution in [0.5, 0.6) is 0 Å². The van der Waals surface area contributed by atoms with E-state index in [1.807, 2.05) is 24.3 Å². The van der Waals surface area contributed by atoms with Gasteiger partial charge in [-0.05, 0) is 42.6 Å². The van der Waals surface area contributed by atoms with E-state index in [4.69, 9.17) is 5.73 Å². The van der Waals surface area contributed by atoms with E-state index in [1.54, 1.807) is 6.07 Å². The van der Waals surface area contributed by atoms with Gasteiger partial charge in [0.15, 0.2) is 5.82 Å². The maximum Gasteiger partial charge on any atom is 0.254 e. The SMILES string of the molecule is CC1(c2ccc(-c3nc(-c4cc(F)c5c(c4)CCNC5=O)c(N)nc3F)cc2)CCNC1. The molecule has 0 radical (unpaired) electrons. The molecule has 0 spiro atoms. The second-order valence-electron chi connectivity index (χ2n) is 8.66. The van der Waals surface area contributed by atoms with Crippen LogP contribution in [0.25, 0.3) is 22.5 Å². The fraction of sp³-hybridized carbons (Fsp3) is 0.292. The van der Waals surface area contributed by atoms with Crippen LogP contribution < -0.4 is 16.4 Å². The van der Waals surface area contributed by atoms with Crippen molar-refractivity contribution in [1.82, 2.24) is 20.6 Å². The summed E-state index contributed by atoms with van der Waals surface area (Å²) in [4.78, 5) is 20.3. The number of hydrogen-bond acceptors (Lipinski definition) is 5. The lowest BCUT2D eigenvalue weighted by atomic mass is 9.81. The van der Waals surface area contributed by atoms with Gasteiger partial charge in [-0.1, -0.05) is 31.2 Å². The van der Waals surface area contributed by atoms with Gasteiger partial charge in [0, 0.05) is 29.6 Å². The van der Waals surface area contributed by atoms with E-state index in [0.717, 1.165) is 19.5 Å². The first-order valence-corrected chi connectivity index (χ1v) is 10.6. The Morgan fingerprint density at radius 2 is 1.81 bits per heavy atom. The standard InChI is InChI=1S/C24H23F2N5O/c1-24(7-9-28-12-24)16-4-2-13(3-5-16)19-21(26)31-22(27)20(30-19)15-10-14-6-8-29-23(32)18(14)17(25)11-15/h2-5,10-11,28H,6-9,12H2,1H3,(H2,27,31)(H,29,32). The minimum Gasteiger partial charge on any atom is -0.382 e. The van der Waals surface area contributed by atoms with Crippen molar-refractivity contribution in [2.24, 2.45) is 0 Å². The molecule has 1 aromatic heterocycles. The number of rotatable bonds is 3. The Balaban J connectivity index is 1.56. The van der Waals surface area contributed by atoms with Gasteiger partial charge in [0.05, 0.1) is 5.56 Å². The number of benzene rings is 2. The Hall–Kier alpha value is -3.39. The molecular formula is C24H23F2N5O. The van der Waals surface area contributed by atoms with E-state index >= 15 is 0 Å². The Kier molecular flexibility index (Phi) is 4.89. The molecule has 32 heavy (non-hydrogen) atoms. The zero-order valence-electron chi connectivity index (χ0n) is 17.6. The molecule has 1 atom stereocenters. The van der Waals surface area contributed by atoms with Gasteiger partial charge in [-0.3, -0.25) is 4.79 Å². The van der Waals surface area contributed by atoms with Crippen molar-refractivity contribution >= 4 is 11.7 Å². The van der Waals surface area contributed by atoms with Gasteiger partial charge in [0.1, 0.15) is 17.2 Å². The average molecular weight is 435 g/mol. The largest absolute Gasteiger partial charge is 0.382 e. The van der Waals surface area contributed by atoms with Gasteiger partial charge in [-0.2, -0.15) is 9.37 Å². The second kappa shape index (κ2) is 7.63. The third-order valence-electron chi connectivity index (χ3n) is 6.46. The molecule has 2 aliphatic heterocycles. The number of hydrogen-bond donors (Lipinski definition) is 3. The molecule has 0 saturated carbocycles. The van der Waals surface area contributed by atoms with Crippen molar-refractivity contribution in [3.05, 3.63) is 64.9 Å². The summed E-state index contributed by atoms with van der Waals surface area (Å²) in [6.45, 7) is 4.49. The summed E-state index contributed by atoms with van der Waals surface area (Å²) in [5, 5.41) is 6.01. The zero-order chi connectivity index (χ0) is 22.5. The molecule has 0 bridgehead atoms. The summed E-state index contributed by atoms with van der Waals surface area (Å²) in [6.07, 6.45) is 1.52. The van der Waals surface area contributed by atoms with Crippen LogP contribution in [0.2, 0.25) is 0 Å². The predicted molar refractivity (Wildman–Crippen MR) is 118 cm³/mol. The number of carbonyl (C=O) groups is 1. The number of nitrogens with two attached hydrogens (primary N) is 1. The molecule has 1 fully saturated rings. The third kappa shape index (κ3) is 3.40. The van der Waals surface area contributed by atoms with Gasteiger partial charge >= 0.3 is 0 Å². The maximum absolute atomic E-state index is 14.7. The summed E-state index contributed by atoms with van der Waals surface area (Å²) in [7, 11) is 0. The maximum atomic E-state index is 14.7. The van der Waals surface area contributed by atoms with E-state index in [-0.39, 0.29) is 28.2 Å². The Bertz CT molecular complexity index is 1220. The zero-order valence-corrected chi connectivity index (χ0v) is 17.6. The number of nitrogens with zero attached hydrogens (tertiary/aromatic N) is 2. The molecule has 3 aromatic rings. The number of fused-ring (bicyclic) bond motifs is 1. The molecule has 2 aromatic carbocycles. The monoisotopic (exact) mass is 435 g/mol. The quantitative estimate of drug-likeness (QED) is 0.588. The highest BCUT2D eigenvalue weighted by Gasteiger charge is 2.30. The number of nitrogens with one attached hydrogen (secondary N) is 2. The van der Waals surface area contributed by atoms with Crippen molar-refractivity contribution in [1.29, 1.82) is 0 Å². The van der Waals surface area contributed by atoms with Crippen molar-refractivity contribution in [3.8, 4) is 22.5 Å². The van der Waals surface area contributed by atoms with Gasteiger partial charge in [-0.15, -0.1) is 0 Å². The molecule has 5 rings (SSSR count). The van der Waals surface area contributed by atoms with E-state index in [2.05, 4.69) is 27.5 Å². The number of aromatic nitrogens is 2. The van der Waals surface area contributed by atoms with Crippen LogP contribution >= 0.6 is 0 Å². The molecule has 1 unspecified atom stereocenters. The van der Waals surface area contributed by atoms with E-state index in [0.29, 0.717) is 29.7 Å². The molecule has 3 heterocycles. The fourth-order valence-corrected chi connectivity index (χ4v) is 4.57. The summed E-state index contributed by atoms with van der Waals surface area (Å²) >= 11 is 0.